The number of benzene rings is 2. The maximum absolute atomic E-state index is 12.7. The van der Waals surface area contributed by atoms with Crippen molar-refractivity contribution in [2.75, 3.05) is 19.8 Å². The minimum absolute atomic E-state index is 0.172. The van der Waals surface area contributed by atoms with Crippen LogP contribution < -0.4 is 14.2 Å². The van der Waals surface area contributed by atoms with E-state index in [1.54, 1.807) is 12.1 Å². The van der Waals surface area contributed by atoms with E-state index in [0.29, 0.717) is 18.2 Å². The van der Waals surface area contributed by atoms with E-state index in [1.807, 2.05) is 24.3 Å². The molecule has 0 saturated carbocycles. The molecule has 0 saturated heterocycles. The lowest BCUT2D eigenvalue weighted by Gasteiger charge is -2.17. The van der Waals surface area contributed by atoms with Gasteiger partial charge in [0.2, 0.25) is 0 Å². The zero-order valence-corrected chi connectivity index (χ0v) is 18.5. The molecule has 0 bridgehead atoms. The fraction of sp³-hybridized carbons (Fsp3) is 0.364. The summed E-state index contributed by atoms with van der Waals surface area (Å²) in [6.45, 7) is 5.45. The molecular weight excluding hydrogens is 447 g/mol. The Morgan fingerprint density at radius 3 is 2.14 bits per heavy atom. The Labute approximate surface area is 179 Å². The normalized spacial score (nSPS) is 11.4. The van der Waals surface area contributed by atoms with Crippen LogP contribution in [0.15, 0.2) is 47.2 Å². The Balaban J connectivity index is 1.91. The Kier molecular flexibility index (Phi) is 9.65. The van der Waals surface area contributed by atoms with Crippen LogP contribution in [-0.4, -0.2) is 19.8 Å². The molecule has 28 heavy (non-hydrogen) atoms. The fourth-order valence-corrected chi connectivity index (χ4v) is 2.93. The molecule has 0 radical (unpaired) electrons. The van der Waals surface area contributed by atoms with E-state index >= 15 is 0 Å². The third-order valence-electron chi connectivity index (χ3n) is 4.08. The molecule has 0 N–H and O–H groups in total. The molecule has 0 unspecified atom stereocenters. The fourth-order valence-electron chi connectivity index (χ4n) is 2.67. The summed E-state index contributed by atoms with van der Waals surface area (Å²) in [6.07, 6.45) is 3.75. The van der Waals surface area contributed by atoms with Crippen LogP contribution >= 0.6 is 27.5 Å². The first kappa shape index (κ1) is 22.6. The van der Waals surface area contributed by atoms with E-state index in [1.165, 1.54) is 6.08 Å². The van der Waals surface area contributed by atoms with Gasteiger partial charge in [0.1, 0.15) is 23.9 Å². The van der Waals surface area contributed by atoms with Gasteiger partial charge in [-0.2, -0.15) is 4.39 Å². The molecule has 152 valence electrons. The van der Waals surface area contributed by atoms with Crippen LogP contribution in [0.3, 0.4) is 0 Å². The minimum Gasteiger partial charge on any atom is -0.493 e. The van der Waals surface area contributed by atoms with E-state index in [9.17, 15) is 4.39 Å². The van der Waals surface area contributed by atoms with Crippen LogP contribution in [0.2, 0.25) is 5.02 Å². The van der Waals surface area contributed by atoms with E-state index in [0.717, 1.165) is 47.6 Å². The highest BCUT2D eigenvalue weighted by Gasteiger charge is 2.11. The molecule has 0 amide bonds. The second-order valence-corrected chi connectivity index (χ2v) is 7.28. The maximum atomic E-state index is 12.7. The molecule has 3 nitrogen and oxygen atoms in total. The first-order valence-electron chi connectivity index (χ1n) is 9.34. The molecule has 2 aromatic carbocycles. The van der Waals surface area contributed by atoms with Crippen molar-refractivity contribution in [3.63, 3.8) is 0 Å². The molecule has 0 spiro atoms. The van der Waals surface area contributed by atoms with Crippen molar-refractivity contribution in [2.45, 2.75) is 33.1 Å². The van der Waals surface area contributed by atoms with E-state index < -0.39 is 4.74 Å². The summed E-state index contributed by atoms with van der Waals surface area (Å²) in [5.74, 6) is 2.42. The Bertz CT molecular complexity index is 749. The lowest BCUT2D eigenvalue weighted by Crippen LogP contribution is -2.08. The molecule has 0 heterocycles. The average molecular weight is 472 g/mol. The smallest absolute Gasteiger partial charge is 0.165 e. The lowest BCUT2D eigenvalue weighted by atomic mass is 10.0. The summed E-state index contributed by atoms with van der Waals surface area (Å²) in [5, 5.41) is 0.690. The van der Waals surface area contributed by atoms with Crippen LogP contribution in [0.4, 0.5) is 4.39 Å². The summed E-state index contributed by atoms with van der Waals surface area (Å²) < 4.78 is 29.7. The first-order chi connectivity index (χ1) is 13.5. The molecule has 0 atom stereocenters. The molecule has 0 aliphatic heterocycles. The molecule has 0 aliphatic rings. The van der Waals surface area contributed by atoms with Gasteiger partial charge < -0.3 is 14.2 Å². The number of rotatable bonds is 11. The van der Waals surface area contributed by atoms with Crippen LogP contribution in [-0.2, 0) is 12.8 Å². The second-order valence-electron chi connectivity index (χ2n) is 6.09. The van der Waals surface area contributed by atoms with Crippen molar-refractivity contribution in [2.24, 2.45) is 0 Å². The summed E-state index contributed by atoms with van der Waals surface area (Å²) >= 11 is 8.62. The predicted octanol–water partition coefficient (Wildman–Crippen LogP) is 6.90. The van der Waals surface area contributed by atoms with Crippen molar-refractivity contribution >= 4 is 27.5 Å². The SMILES string of the molecule is CCc1cc(OC/C=C(/F)Br)cc(CC)c1OCCCOc1ccc(Cl)cc1. The monoisotopic (exact) mass is 470 g/mol. The van der Waals surface area contributed by atoms with Gasteiger partial charge in [0, 0.05) is 11.4 Å². The maximum Gasteiger partial charge on any atom is 0.165 e. The molecular formula is C22H25BrClFO3. The van der Waals surface area contributed by atoms with Crippen molar-refractivity contribution in [1.29, 1.82) is 0 Å². The third kappa shape index (κ3) is 7.36. The lowest BCUT2D eigenvalue weighted by molar-refractivity contribution is 0.244. The summed E-state index contributed by atoms with van der Waals surface area (Å²) in [4.78, 5) is 0. The highest BCUT2D eigenvalue weighted by Crippen LogP contribution is 2.31. The zero-order chi connectivity index (χ0) is 20.4. The number of hydrogen-bond acceptors (Lipinski definition) is 3. The van der Waals surface area contributed by atoms with E-state index in [4.69, 9.17) is 25.8 Å². The van der Waals surface area contributed by atoms with Crippen molar-refractivity contribution < 1.29 is 18.6 Å². The highest BCUT2D eigenvalue weighted by molar-refractivity contribution is 9.11. The molecule has 0 aliphatic carbocycles. The van der Waals surface area contributed by atoms with E-state index in [-0.39, 0.29) is 6.61 Å². The Morgan fingerprint density at radius 1 is 0.964 bits per heavy atom. The van der Waals surface area contributed by atoms with E-state index in [2.05, 4.69) is 29.8 Å². The molecule has 0 aromatic heterocycles. The topological polar surface area (TPSA) is 27.7 Å². The number of halogens is 3. The Hall–Kier alpha value is -1.72. The second kappa shape index (κ2) is 12.0. The van der Waals surface area contributed by atoms with Crippen molar-refractivity contribution in [3.8, 4) is 17.2 Å². The molecule has 6 heteroatoms. The quantitative estimate of drug-likeness (QED) is 0.334. The van der Waals surface area contributed by atoms with Gasteiger partial charge in [0.05, 0.1) is 13.2 Å². The van der Waals surface area contributed by atoms with Gasteiger partial charge in [0.25, 0.3) is 0 Å². The van der Waals surface area contributed by atoms with Crippen LogP contribution in [0.1, 0.15) is 31.4 Å². The molecule has 2 aromatic rings. The minimum atomic E-state index is -0.431. The third-order valence-corrected chi connectivity index (χ3v) is 4.66. The zero-order valence-electron chi connectivity index (χ0n) is 16.1. The largest absolute Gasteiger partial charge is 0.493 e. The first-order valence-corrected chi connectivity index (χ1v) is 10.5. The van der Waals surface area contributed by atoms with Gasteiger partial charge in [-0.25, -0.2) is 0 Å². The molecule has 2 rings (SSSR count). The van der Waals surface area contributed by atoms with Gasteiger partial charge in [0.15, 0.2) is 4.74 Å². The highest BCUT2D eigenvalue weighted by atomic mass is 79.9. The number of aryl methyl sites for hydroxylation is 2. The number of ether oxygens (including phenoxy) is 3. The van der Waals surface area contributed by atoms with Gasteiger partial charge in [-0.1, -0.05) is 25.4 Å². The molecule has 0 fully saturated rings. The van der Waals surface area contributed by atoms with Gasteiger partial charge in [-0.05, 0) is 82.4 Å². The summed E-state index contributed by atoms with van der Waals surface area (Å²) in [5.41, 5.74) is 2.16. The summed E-state index contributed by atoms with van der Waals surface area (Å²) in [7, 11) is 0. The van der Waals surface area contributed by atoms with Crippen molar-refractivity contribution in [1.82, 2.24) is 0 Å². The van der Waals surface area contributed by atoms with Crippen LogP contribution in [0, 0.1) is 0 Å². The standard InChI is InChI=1S/C22H25BrClFO3/c1-3-16-14-20(27-13-10-21(23)25)15-17(4-2)22(16)28-12-5-11-26-19-8-6-18(24)7-9-19/h6-10,14-15H,3-5,11-13H2,1-2H3/b21-10+. The number of hydrogen-bond donors (Lipinski definition) is 0. The van der Waals surface area contributed by atoms with Crippen LogP contribution in [0.5, 0.6) is 17.2 Å². The van der Waals surface area contributed by atoms with Gasteiger partial charge in [-0.15, -0.1) is 0 Å². The Morgan fingerprint density at radius 2 is 1.57 bits per heavy atom. The summed E-state index contributed by atoms with van der Waals surface area (Å²) in [6, 6.07) is 11.2. The predicted molar refractivity (Wildman–Crippen MR) is 116 cm³/mol. The van der Waals surface area contributed by atoms with Crippen molar-refractivity contribution in [3.05, 3.63) is 63.4 Å². The average Bonchev–Trinajstić information content (AvgIpc) is 2.69. The van der Waals surface area contributed by atoms with Gasteiger partial charge in [-0.3, -0.25) is 0 Å². The van der Waals surface area contributed by atoms with Crippen LogP contribution in [0.25, 0.3) is 0 Å². The van der Waals surface area contributed by atoms with Gasteiger partial charge >= 0.3 is 0 Å².